The number of nitrogens with one attached hydrogen (secondary N) is 2. The highest BCUT2D eigenvalue weighted by atomic mass is 16.2. The van der Waals surface area contributed by atoms with Crippen LogP contribution in [0.1, 0.15) is 50.0 Å². The lowest BCUT2D eigenvalue weighted by Crippen LogP contribution is -2.57. The molecule has 3 rings (SSSR count). The van der Waals surface area contributed by atoms with Crippen molar-refractivity contribution < 1.29 is 14.4 Å². The normalized spacial score (nSPS) is 21.8. The van der Waals surface area contributed by atoms with E-state index in [-0.39, 0.29) is 17.7 Å². The number of carbonyl (C=O) groups is 3. The summed E-state index contributed by atoms with van der Waals surface area (Å²) < 4.78 is 0. The highest BCUT2D eigenvalue weighted by molar-refractivity contribution is 6.07. The van der Waals surface area contributed by atoms with E-state index in [1.54, 1.807) is 17.0 Å². The summed E-state index contributed by atoms with van der Waals surface area (Å²) in [4.78, 5) is 39.0. The number of hydrogen-bond donors (Lipinski definition) is 2. The smallest absolute Gasteiger partial charge is 0.254 e. The van der Waals surface area contributed by atoms with Gasteiger partial charge >= 0.3 is 0 Å². The van der Waals surface area contributed by atoms with Crippen LogP contribution in [0, 0.1) is 5.92 Å². The van der Waals surface area contributed by atoms with Crippen LogP contribution in [0.15, 0.2) is 18.2 Å². The molecular weight excluding hydrogens is 318 g/mol. The Morgan fingerprint density at radius 3 is 2.72 bits per heavy atom. The Morgan fingerprint density at radius 1 is 1.32 bits per heavy atom. The summed E-state index contributed by atoms with van der Waals surface area (Å²) in [6, 6.07) is 4.87. The highest BCUT2D eigenvalue weighted by Gasteiger charge is 2.39. The van der Waals surface area contributed by atoms with Crippen LogP contribution in [-0.4, -0.2) is 41.8 Å². The van der Waals surface area contributed by atoms with Gasteiger partial charge in [-0.3, -0.25) is 14.4 Å². The standard InChI is InChI=1S/C19H25N3O3/c1-11(2)9-15-16(23)20-7-8-22(15)17(24)12-5-6-13-14(10-12)21-18(25)19(13,3)4/h5-6,10-11,15H,7-9H2,1-4H3,(H,20,23)(H,21,25). The zero-order valence-electron chi connectivity index (χ0n) is 15.2. The molecule has 6 nitrogen and oxygen atoms in total. The van der Waals surface area contributed by atoms with E-state index < -0.39 is 11.5 Å². The number of hydrogen-bond acceptors (Lipinski definition) is 3. The number of carbonyl (C=O) groups excluding carboxylic acids is 3. The zero-order chi connectivity index (χ0) is 18.4. The molecule has 3 amide bonds. The number of amides is 3. The zero-order valence-corrected chi connectivity index (χ0v) is 15.2. The number of nitrogens with zero attached hydrogens (tertiary/aromatic N) is 1. The van der Waals surface area contributed by atoms with Gasteiger partial charge in [-0.15, -0.1) is 0 Å². The Morgan fingerprint density at radius 2 is 2.04 bits per heavy atom. The van der Waals surface area contributed by atoms with Crippen LogP contribution in [0.4, 0.5) is 5.69 Å². The molecule has 0 aliphatic carbocycles. The van der Waals surface area contributed by atoms with Crippen molar-refractivity contribution in [2.24, 2.45) is 5.92 Å². The van der Waals surface area contributed by atoms with Gasteiger partial charge in [0.05, 0.1) is 5.41 Å². The van der Waals surface area contributed by atoms with Crippen molar-refractivity contribution in [2.75, 3.05) is 18.4 Å². The van der Waals surface area contributed by atoms with E-state index in [0.717, 1.165) is 5.56 Å². The molecule has 2 aliphatic heterocycles. The van der Waals surface area contributed by atoms with E-state index in [9.17, 15) is 14.4 Å². The molecule has 0 radical (unpaired) electrons. The van der Waals surface area contributed by atoms with E-state index in [1.165, 1.54) is 0 Å². The van der Waals surface area contributed by atoms with Crippen LogP contribution in [0.5, 0.6) is 0 Å². The van der Waals surface area contributed by atoms with Gasteiger partial charge in [-0.05, 0) is 43.9 Å². The summed E-state index contributed by atoms with van der Waals surface area (Å²) in [6.07, 6.45) is 0.631. The second-order valence-electron chi connectivity index (χ2n) is 7.77. The third-order valence-electron chi connectivity index (χ3n) is 5.04. The van der Waals surface area contributed by atoms with Crippen molar-refractivity contribution in [3.8, 4) is 0 Å². The van der Waals surface area contributed by atoms with Crippen molar-refractivity contribution in [3.05, 3.63) is 29.3 Å². The van der Waals surface area contributed by atoms with Crippen molar-refractivity contribution in [1.29, 1.82) is 0 Å². The SMILES string of the molecule is CC(C)CC1C(=O)NCCN1C(=O)c1ccc2c(c1)NC(=O)C2(C)C. The van der Waals surface area contributed by atoms with Gasteiger partial charge in [0, 0.05) is 24.3 Å². The summed E-state index contributed by atoms with van der Waals surface area (Å²) >= 11 is 0. The lowest BCUT2D eigenvalue weighted by molar-refractivity contribution is -0.128. The molecule has 2 aliphatic rings. The van der Waals surface area contributed by atoms with Gasteiger partial charge in [0.25, 0.3) is 5.91 Å². The largest absolute Gasteiger partial charge is 0.353 e. The lowest BCUT2D eigenvalue weighted by atomic mass is 9.86. The molecule has 1 fully saturated rings. The highest BCUT2D eigenvalue weighted by Crippen LogP contribution is 2.37. The Labute approximate surface area is 148 Å². The van der Waals surface area contributed by atoms with Gasteiger partial charge in [0.1, 0.15) is 6.04 Å². The van der Waals surface area contributed by atoms with E-state index in [1.807, 2.05) is 33.8 Å². The predicted octanol–water partition coefficient (Wildman–Crippen LogP) is 1.90. The number of benzene rings is 1. The monoisotopic (exact) mass is 343 g/mol. The molecule has 0 aromatic heterocycles. The average Bonchev–Trinajstić information content (AvgIpc) is 2.77. The first-order chi connectivity index (χ1) is 11.7. The topological polar surface area (TPSA) is 78.5 Å². The molecule has 0 bridgehead atoms. The number of rotatable bonds is 3. The Hall–Kier alpha value is -2.37. The first kappa shape index (κ1) is 17.5. The average molecular weight is 343 g/mol. The summed E-state index contributed by atoms with van der Waals surface area (Å²) in [7, 11) is 0. The third kappa shape index (κ3) is 3.01. The lowest BCUT2D eigenvalue weighted by Gasteiger charge is -2.36. The van der Waals surface area contributed by atoms with E-state index in [0.29, 0.717) is 36.7 Å². The second-order valence-corrected chi connectivity index (χ2v) is 7.77. The van der Waals surface area contributed by atoms with Gasteiger partial charge < -0.3 is 15.5 Å². The quantitative estimate of drug-likeness (QED) is 0.880. The van der Waals surface area contributed by atoms with Crippen molar-refractivity contribution in [3.63, 3.8) is 0 Å². The minimum atomic E-state index is -0.595. The summed E-state index contributed by atoms with van der Waals surface area (Å²) in [5.41, 5.74) is 1.48. The molecule has 1 saturated heterocycles. The Kier molecular flexibility index (Phi) is 4.31. The second kappa shape index (κ2) is 6.17. The van der Waals surface area contributed by atoms with E-state index in [4.69, 9.17) is 0 Å². The number of anilines is 1. The fourth-order valence-electron chi connectivity index (χ4n) is 3.53. The van der Waals surface area contributed by atoms with Gasteiger partial charge in [0.15, 0.2) is 0 Å². The van der Waals surface area contributed by atoms with Crippen LogP contribution in [0.25, 0.3) is 0 Å². The summed E-state index contributed by atoms with van der Waals surface area (Å²) in [5, 5.41) is 5.69. The molecular formula is C19H25N3O3. The van der Waals surface area contributed by atoms with Crippen LogP contribution in [0.3, 0.4) is 0 Å². The molecule has 25 heavy (non-hydrogen) atoms. The van der Waals surface area contributed by atoms with Gasteiger partial charge in [-0.25, -0.2) is 0 Å². The molecule has 1 aromatic carbocycles. The minimum Gasteiger partial charge on any atom is -0.353 e. The molecule has 1 unspecified atom stereocenters. The summed E-state index contributed by atoms with van der Waals surface area (Å²) in [5.74, 6) is -0.0162. The molecule has 0 saturated carbocycles. The summed E-state index contributed by atoms with van der Waals surface area (Å²) in [6.45, 7) is 8.77. The van der Waals surface area contributed by atoms with Gasteiger partial charge in [0.2, 0.25) is 11.8 Å². The molecule has 6 heteroatoms. The molecule has 134 valence electrons. The maximum atomic E-state index is 13.0. The van der Waals surface area contributed by atoms with Crippen LogP contribution in [0.2, 0.25) is 0 Å². The maximum absolute atomic E-state index is 13.0. The molecule has 1 atom stereocenters. The van der Waals surface area contributed by atoms with Gasteiger partial charge in [-0.1, -0.05) is 19.9 Å². The minimum absolute atomic E-state index is 0.0675. The van der Waals surface area contributed by atoms with Crippen molar-refractivity contribution >= 4 is 23.4 Å². The van der Waals surface area contributed by atoms with Crippen molar-refractivity contribution in [1.82, 2.24) is 10.2 Å². The van der Waals surface area contributed by atoms with Crippen LogP contribution < -0.4 is 10.6 Å². The van der Waals surface area contributed by atoms with Gasteiger partial charge in [-0.2, -0.15) is 0 Å². The van der Waals surface area contributed by atoms with Crippen molar-refractivity contribution in [2.45, 2.75) is 45.6 Å². The predicted molar refractivity (Wildman–Crippen MR) is 95.4 cm³/mol. The third-order valence-corrected chi connectivity index (χ3v) is 5.04. The fourth-order valence-corrected chi connectivity index (χ4v) is 3.53. The van der Waals surface area contributed by atoms with Crippen LogP contribution in [-0.2, 0) is 15.0 Å². The maximum Gasteiger partial charge on any atom is 0.254 e. The van der Waals surface area contributed by atoms with E-state index >= 15 is 0 Å². The van der Waals surface area contributed by atoms with E-state index in [2.05, 4.69) is 10.6 Å². The first-order valence-corrected chi connectivity index (χ1v) is 8.76. The Bertz CT molecular complexity index is 739. The Balaban J connectivity index is 1.89. The number of piperazine rings is 1. The first-order valence-electron chi connectivity index (χ1n) is 8.76. The fraction of sp³-hybridized carbons (Fsp3) is 0.526. The molecule has 0 spiro atoms. The molecule has 1 aromatic rings. The molecule has 2 N–H and O–H groups in total. The number of fused-ring (bicyclic) bond motifs is 1. The molecule has 2 heterocycles. The van der Waals surface area contributed by atoms with Crippen LogP contribution >= 0.6 is 0 Å².